The van der Waals surface area contributed by atoms with E-state index in [2.05, 4.69) is 31.0 Å². The van der Waals surface area contributed by atoms with Crippen LogP contribution in [0.5, 0.6) is 11.6 Å². The fraction of sp³-hybridized carbons (Fsp3) is 0.235. The van der Waals surface area contributed by atoms with Crippen LogP contribution >= 0.6 is 15.9 Å². The normalized spacial score (nSPS) is 12.8. The first-order valence-electron chi connectivity index (χ1n) is 7.67. The molecule has 1 unspecified atom stereocenters. The van der Waals surface area contributed by atoms with Crippen LogP contribution in [0.15, 0.2) is 53.5 Å². The van der Waals surface area contributed by atoms with E-state index < -0.39 is 17.8 Å². The monoisotopic (exact) mass is 426 g/mol. The van der Waals surface area contributed by atoms with E-state index >= 15 is 0 Å². The molecule has 2 aromatic heterocycles. The lowest BCUT2D eigenvalue weighted by molar-refractivity contribution is -0.142. The first kappa shape index (κ1) is 18.4. The quantitative estimate of drug-likeness (QED) is 0.572. The van der Waals surface area contributed by atoms with Crippen LogP contribution in [0, 0.1) is 0 Å². The fourth-order valence-corrected chi connectivity index (χ4v) is 2.73. The molecule has 0 radical (unpaired) electrons. The highest BCUT2D eigenvalue weighted by Crippen LogP contribution is 2.36. The van der Waals surface area contributed by atoms with Crippen molar-refractivity contribution in [1.82, 2.24) is 19.7 Å². The predicted octanol–water partition coefficient (Wildman–Crippen LogP) is 5.05. The number of aromatic nitrogens is 4. The van der Waals surface area contributed by atoms with Gasteiger partial charge in [0.25, 0.3) is 0 Å². The fourth-order valence-electron chi connectivity index (χ4n) is 2.46. The van der Waals surface area contributed by atoms with E-state index in [9.17, 15) is 13.2 Å². The summed E-state index contributed by atoms with van der Waals surface area (Å²) in [5, 5.41) is 3.93. The van der Waals surface area contributed by atoms with Gasteiger partial charge in [-0.1, -0.05) is 28.9 Å². The molecule has 3 aromatic rings. The number of pyridine rings is 1. The predicted molar refractivity (Wildman–Crippen MR) is 91.9 cm³/mol. The van der Waals surface area contributed by atoms with Crippen molar-refractivity contribution in [2.24, 2.45) is 0 Å². The molecule has 0 aliphatic rings. The minimum absolute atomic E-state index is 0.0798. The SMILES string of the molecule is CC(Cn1cncn1)c1ccc(Oc2ccc(Br)cc2)nc1C(F)(F)F. The first-order chi connectivity index (χ1) is 12.3. The van der Waals surface area contributed by atoms with Crippen LogP contribution in [0.2, 0.25) is 0 Å². The molecule has 0 aliphatic heterocycles. The lowest BCUT2D eigenvalue weighted by atomic mass is 9.99. The van der Waals surface area contributed by atoms with E-state index in [4.69, 9.17) is 4.74 Å². The van der Waals surface area contributed by atoms with Crippen LogP contribution in [0.1, 0.15) is 24.1 Å². The maximum atomic E-state index is 13.5. The highest BCUT2D eigenvalue weighted by atomic mass is 79.9. The number of alkyl halides is 3. The molecule has 0 amide bonds. The molecular formula is C17H14BrF3N4O. The molecular weight excluding hydrogens is 413 g/mol. The second-order valence-electron chi connectivity index (χ2n) is 5.66. The minimum Gasteiger partial charge on any atom is -0.439 e. The van der Waals surface area contributed by atoms with E-state index in [-0.39, 0.29) is 18.0 Å². The number of hydrogen-bond donors (Lipinski definition) is 0. The summed E-state index contributed by atoms with van der Waals surface area (Å²) in [6.45, 7) is 1.95. The highest BCUT2D eigenvalue weighted by Gasteiger charge is 2.37. The van der Waals surface area contributed by atoms with Gasteiger partial charge in [0.05, 0.1) is 0 Å². The van der Waals surface area contributed by atoms with Gasteiger partial charge in [0.15, 0.2) is 5.69 Å². The van der Waals surface area contributed by atoms with E-state index in [1.165, 1.54) is 29.5 Å². The third kappa shape index (κ3) is 4.40. The van der Waals surface area contributed by atoms with Crippen LogP contribution in [-0.2, 0) is 12.7 Å². The lowest BCUT2D eigenvalue weighted by Crippen LogP contribution is -2.16. The van der Waals surface area contributed by atoms with Crippen LogP contribution in [0.3, 0.4) is 0 Å². The van der Waals surface area contributed by atoms with Gasteiger partial charge in [0.2, 0.25) is 5.88 Å². The molecule has 3 rings (SSSR count). The van der Waals surface area contributed by atoms with E-state index in [1.54, 1.807) is 31.2 Å². The van der Waals surface area contributed by atoms with Crippen molar-refractivity contribution in [2.75, 3.05) is 0 Å². The smallest absolute Gasteiger partial charge is 0.433 e. The standard InChI is InChI=1S/C17H14BrF3N4O/c1-11(8-25-10-22-9-23-25)14-6-7-15(24-16(14)17(19,20)21)26-13-4-2-12(18)3-5-13/h2-7,9-11H,8H2,1H3. The van der Waals surface area contributed by atoms with Crippen molar-refractivity contribution in [1.29, 1.82) is 0 Å². The summed E-state index contributed by atoms with van der Waals surface area (Å²) in [5.41, 5.74) is -0.879. The van der Waals surface area contributed by atoms with Crippen molar-refractivity contribution >= 4 is 15.9 Å². The molecule has 26 heavy (non-hydrogen) atoms. The Bertz CT molecular complexity index is 867. The van der Waals surface area contributed by atoms with Gasteiger partial charge < -0.3 is 4.74 Å². The number of hydrogen-bond acceptors (Lipinski definition) is 4. The molecule has 136 valence electrons. The second-order valence-corrected chi connectivity index (χ2v) is 6.58. The van der Waals surface area contributed by atoms with Crippen molar-refractivity contribution < 1.29 is 17.9 Å². The average Bonchev–Trinajstić information content (AvgIpc) is 3.09. The Hall–Kier alpha value is -2.42. The Balaban J connectivity index is 1.89. The molecule has 5 nitrogen and oxygen atoms in total. The average molecular weight is 427 g/mol. The lowest BCUT2D eigenvalue weighted by Gasteiger charge is -2.18. The van der Waals surface area contributed by atoms with Crippen molar-refractivity contribution in [3.63, 3.8) is 0 Å². The highest BCUT2D eigenvalue weighted by molar-refractivity contribution is 9.10. The summed E-state index contributed by atoms with van der Waals surface area (Å²) in [6.07, 6.45) is -1.79. The molecule has 0 aliphatic carbocycles. The Morgan fingerprint density at radius 1 is 1.15 bits per heavy atom. The molecule has 1 atom stereocenters. The Kier molecular flexibility index (Phi) is 5.26. The number of benzene rings is 1. The molecule has 0 saturated heterocycles. The van der Waals surface area contributed by atoms with Gasteiger partial charge in [-0.25, -0.2) is 9.97 Å². The maximum Gasteiger partial charge on any atom is 0.433 e. The first-order valence-corrected chi connectivity index (χ1v) is 8.46. The molecule has 0 bridgehead atoms. The van der Waals surface area contributed by atoms with Gasteiger partial charge in [0.1, 0.15) is 18.4 Å². The number of ether oxygens (including phenoxy) is 1. The molecule has 0 spiro atoms. The van der Waals surface area contributed by atoms with Gasteiger partial charge in [0, 0.05) is 23.0 Å². The van der Waals surface area contributed by atoms with Gasteiger partial charge in [-0.15, -0.1) is 0 Å². The Morgan fingerprint density at radius 2 is 1.88 bits per heavy atom. The Labute approximate surface area is 156 Å². The zero-order chi connectivity index (χ0) is 18.7. The van der Waals surface area contributed by atoms with Crippen LogP contribution in [-0.4, -0.2) is 19.7 Å². The van der Waals surface area contributed by atoms with Gasteiger partial charge in [-0.3, -0.25) is 4.68 Å². The van der Waals surface area contributed by atoms with Crippen LogP contribution in [0.25, 0.3) is 0 Å². The molecule has 0 saturated carbocycles. The summed E-state index contributed by atoms with van der Waals surface area (Å²) in [4.78, 5) is 7.51. The zero-order valence-corrected chi connectivity index (χ0v) is 15.2. The summed E-state index contributed by atoms with van der Waals surface area (Å²) in [6, 6.07) is 9.57. The molecule has 1 aromatic carbocycles. The van der Waals surface area contributed by atoms with E-state index in [1.807, 2.05) is 0 Å². The van der Waals surface area contributed by atoms with Gasteiger partial charge in [-0.2, -0.15) is 18.3 Å². The number of halogens is 4. The number of rotatable bonds is 5. The van der Waals surface area contributed by atoms with Crippen LogP contribution < -0.4 is 4.74 Å². The number of nitrogens with zero attached hydrogens (tertiary/aromatic N) is 4. The van der Waals surface area contributed by atoms with E-state index in [0.29, 0.717) is 5.75 Å². The van der Waals surface area contributed by atoms with E-state index in [0.717, 1.165) is 4.47 Å². The summed E-state index contributed by atoms with van der Waals surface area (Å²) < 4.78 is 48.3. The molecule has 0 N–H and O–H groups in total. The molecule has 9 heteroatoms. The Morgan fingerprint density at radius 3 is 2.50 bits per heavy atom. The van der Waals surface area contributed by atoms with Gasteiger partial charge in [-0.05, 0) is 29.8 Å². The van der Waals surface area contributed by atoms with Gasteiger partial charge >= 0.3 is 6.18 Å². The summed E-state index contributed by atoms with van der Waals surface area (Å²) >= 11 is 3.29. The minimum atomic E-state index is -4.59. The third-order valence-electron chi connectivity index (χ3n) is 3.66. The third-order valence-corrected chi connectivity index (χ3v) is 4.19. The van der Waals surface area contributed by atoms with Crippen molar-refractivity contribution in [3.8, 4) is 11.6 Å². The summed E-state index contributed by atoms with van der Waals surface area (Å²) in [7, 11) is 0. The zero-order valence-electron chi connectivity index (χ0n) is 13.6. The summed E-state index contributed by atoms with van der Waals surface area (Å²) in [5.74, 6) is -0.170. The second kappa shape index (κ2) is 7.45. The van der Waals surface area contributed by atoms with Crippen molar-refractivity contribution in [3.05, 3.63) is 64.8 Å². The maximum absolute atomic E-state index is 13.5. The van der Waals surface area contributed by atoms with Crippen LogP contribution in [0.4, 0.5) is 13.2 Å². The topological polar surface area (TPSA) is 52.8 Å². The largest absolute Gasteiger partial charge is 0.439 e. The molecule has 0 fully saturated rings. The molecule has 2 heterocycles. The van der Waals surface area contributed by atoms with Crippen molar-refractivity contribution in [2.45, 2.75) is 25.6 Å².